The van der Waals surface area contributed by atoms with Crippen LogP contribution in [-0.2, 0) is 0 Å². The van der Waals surface area contributed by atoms with Gasteiger partial charge < -0.3 is 4.74 Å². The van der Waals surface area contributed by atoms with Gasteiger partial charge in [0.2, 0.25) is 0 Å². The molecule has 0 aromatic heterocycles. The summed E-state index contributed by atoms with van der Waals surface area (Å²) < 4.78 is 19.1. The highest BCUT2D eigenvalue weighted by Gasteiger charge is 2.16. The monoisotopic (exact) mass is 264 g/mol. The van der Waals surface area contributed by atoms with E-state index in [4.69, 9.17) is 16.3 Å². The van der Waals surface area contributed by atoms with Crippen LogP contribution in [0.2, 0.25) is 5.02 Å². The fourth-order valence-corrected chi connectivity index (χ4v) is 2.09. The Morgan fingerprint density at radius 3 is 2.61 bits per heavy atom. The standard InChI is InChI=1S/C14H10ClFO2/c1-18-14-10(5-3-6-11(14)15)13-9(8-17)4-2-7-12(13)16/h2-8H,1H3. The van der Waals surface area contributed by atoms with Crippen LogP contribution >= 0.6 is 11.6 Å². The first-order valence-electron chi connectivity index (χ1n) is 5.25. The van der Waals surface area contributed by atoms with Crippen LogP contribution in [0.1, 0.15) is 10.4 Å². The average Bonchev–Trinajstić information content (AvgIpc) is 2.38. The molecule has 2 aromatic carbocycles. The van der Waals surface area contributed by atoms with E-state index in [1.54, 1.807) is 24.3 Å². The molecule has 0 spiro atoms. The highest BCUT2D eigenvalue weighted by atomic mass is 35.5. The molecule has 0 unspecified atom stereocenters. The smallest absolute Gasteiger partial charge is 0.150 e. The number of para-hydroxylation sites is 1. The number of rotatable bonds is 3. The molecule has 2 aromatic rings. The molecular formula is C14H10ClFO2. The van der Waals surface area contributed by atoms with Crippen LogP contribution in [0.25, 0.3) is 11.1 Å². The van der Waals surface area contributed by atoms with Crippen molar-refractivity contribution >= 4 is 17.9 Å². The second-order valence-corrected chi connectivity index (χ2v) is 4.05. The first-order chi connectivity index (χ1) is 8.69. The van der Waals surface area contributed by atoms with E-state index >= 15 is 0 Å². The van der Waals surface area contributed by atoms with Crippen LogP contribution in [0.5, 0.6) is 5.75 Å². The molecule has 0 radical (unpaired) electrons. The Balaban J connectivity index is 2.77. The number of methoxy groups -OCH3 is 1. The molecule has 92 valence electrons. The molecule has 0 amide bonds. The van der Waals surface area contributed by atoms with Gasteiger partial charge in [0.05, 0.1) is 12.1 Å². The molecule has 0 bridgehead atoms. The molecule has 0 N–H and O–H groups in total. The lowest BCUT2D eigenvalue weighted by atomic mass is 9.99. The van der Waals surface area contributed by atoms with Gasteiger partial charge in [0.25, 0.3) is 0 Å². The van der Waals surface area contributed by atoms with Crippen molar-refractivity contribution in [3.63, 3.8) is 0 Å². The van der Waals surface area contributed by atoms with E-state index in [1.807, 2.05) is 0 Å². The van der Waals surface area contributed by atoms with Crippen LogP contribution in [0, 0.1) is 5.82 Å². The van der Waals surface area contributed by atoms with Crippen molar-refractivity contribution in [2.75, 3.05) is 7.11 Å². The minimum Gasteiger partial charge on any atom is -0.495 e. The van der Waals surface area contributed by atoms with Gasteiger partial charge in [-0.05, 0) is 12.1 Å². The van der Waals surface area contributed by atoms with Crippen molar-refractivity contribution < 1.29 is 13.9 Å². The van der Waals surface area contributed by atoms with Crippen LogP contribution in [0.3, 0.4) is 0 Å². The van der Waals surface area contributed by atoms with Crippen LogP contribution in [0.4, 0.5) is 4.39 Å². The van der Waals surface area contributed by atoms with E-state index in [-0.39, 0.29) is 11.1 Å². The van der Waals surface area contributed by atoms with Gasteiger partial charge >= 0.3 is 0 Å². The number of halogens is 2. The van der Waals surface area contributed by atoms with Gasteiger partial charge in [-0.3, -0.25) is 4.79 Å². The van der Waals surface area contributed by atoms with Gasteiger partial charge in [0.15, 0.2) is 6.29 Å². The summed E-state index contributed by atoms with van der Waals surface area (Å²) in [6.45, 7) is 0. The molecule has 0 atom stereocenters. The molecule has 4 heteroatoms. The highest BCUT2D eigenvalue weighted by Crippen LogP contribution is 2.38. The van der Waals surface area contributed by atoms with Crippen molar-refractivity contribution in [1.82, 2.24) is 0 Å². The van der Waals surface area contributed by atoms with Gasteiger partial charge in [0.1, 0.15) is 11.6 Å². The lowest BCUT2D eigenvalue weighted by Crippen LogP contribution is -1.95. The lowest BCUT2D eigenvalue weighted by Gasteiger charge is -2.12. The third kappa shape index (κ3) is 2.09. The largest absolute Gasteiger partial charge is 0.495 e. The summed E-state index contributed by atoms with van der Waals surface area (Å²) in [5, 5.41) is 0.370. The zero-order valence-electron chi connectivity index (χ0n) is 9.61. The third-order valence-corrected chi connectivity index (χ3v) is 2.91. The first-order valence-corrected chi connectivity index (χ1v) is 5.63. The van der Waals surface area contributed by atoms with Crippen LogP contribution < -0.4 is 4.74 Å². The van der Waals surface area contributed by atoms with E-state index < -0.39 is 5.82 Å². The van der Waals surface area contributed by atoms with E-state index in [2.05, 4.69) is 0 Å². The molecule has 0 saturated heterocycles. The van der Waals surface area contributed by atoms with Gasteiger partial charge in [-0.1, -0.05) is 35.9 Å². The Labute approximate surface area is 109 Å². The maximum absolute atomic E-state index is 13.9. The van der Waals surface area contributed by atoms with E-state index in [1.165, 1.54) is 19.2 Å². The second kappa shape index (κ2) is 5.19. The van der Waals surface area contributed by atoms with Crippen molar-refractivity contribution in [2.24, 2.45) is 0 Å². The quantitative estimate of drug-likeness (QED) is 0.784. The number of aldehydes is 1. The summed E-state index contributed by atoms with van der Waals surface area (Å²) >= 11 is 5.99. The molecule has 2 rings (SSSR count). The molecule has 0 fully saturated rings. The number of ether oxygens (including phenoxy) is 1. The molecule has 0 aliphatic rings. The van der Waals surface area contributed by atoms with Gasteiger partial charge in [-0.2, -0.15) is 0 Å². The maximum atomic E-state index is 13.9. The number of carbonyl (C=O) groups is 1. The van der Waals surface area contributed by atoms with Crippen LogP contribution in [0.15, 0.2) is 36.4 Å². The predicted octanol–water partition coefficient (Wildman–Crippen LogP) is 3.97. The summed E-state index contributed by atoms with van der Waals surface area (Å²) in [6, 6.07) is 9.32. The SMILES string of the molecule is COc1c(Cl)cccc1-c1c(F)cccc1C=O. The number of carbonyl (C=O) groups excluding carboxylic acids is 1. The third-order valence-electron chi connectivity index (χ3n) is 2.61. The van der Waals surface area contributed by atoms with E-state index in [0.717, 1.165) is 0 Å². The zero-order chi connectivity index (χ0) is 13.1. The minimum atomic E-state index is -0.486. The van der Waals surface area contributed by atoms with Crippen molar-refractivity contribution in [3.8, 4) is 16.9 Å². The maximum Gasteiger partial charge on any atom is 0.150 e. The number of hydrogen-bond donors (Lipinski definition) is 0. The Morgan fingerprint density at radius 2 is 1.94 bits per heavy atom. The Kier molecular flexibility index (Phi) is 3.63. The molecule has 0 saturated carbocycles. The molecule has 0 heterocycles. The molecule has 0 aliphatic carbocycles. The van der Waals surface area contributed by atoms with Crippen molar-refractivity contribution in [3.05, 3.63) is 52.8 Å². The highest BCUT2D eigenvalue weighted by molar-refractivity contribution is 6.32. The normalized spacial score (nSPS) is 10.2. The average molecular weight is 265 g/mol. The fourth-order valence-electron chi connectivity index (χ4n) is 1.84. The summed E-state index contributed by atoms with van der Waals surface area (Å²) in [7, 11) is 1.45. The minimum absolute atomic E-state index is 0.201. The molecule has 0 aliphatic heterocycles. The fraction of sp³-hybridized carbons (Fsp3) is 0.0714. The molecular weight excluding hydrogens is 255 g/mol. The van der Waals surface area contributed by atoms with E-state index in [0.29, 0.717) is 22.6 Å². The Hall–Kier alpha value is -1.87. The number of hydrogen-bond acceptors (Lipinski definition) is 2. The molecule has 2 nitrogen and oxygen atoms in total. The summed E-state index contributed by atoms with van der Waals surface area (Å²) in [4.78, 5) is 11.0. The summed E-state index contributed by atoms with van der Waals surface area (Å²) in [5.41, 5.74) is 0.924. The van der Waals surface area contributed by atoms with Crippen LogP contribution in [-0.4, -0.2) is 13.4 Å². The van der Waals surface area contributed by atoms with Gasteiger partial charge in [0, 0.05) is 16.7 Å². The number of benzene rings is 2. The summed E-state index contributed by atoms with van der Waals surface area (Å²) in [6.07, 6.45) is 0.610. The zero-order valence-corrected chi connectivity index (χ0v) is 10.4. The van der Waals surface area contributed by atoms with Gasteiger partial charge in [-0.15, -0.1) is 0 Å². The van der Waals surface area contributed by atoms with Crippen molar-refractivity contribution in [2.45, 2.75) is 0 Å². The lowest BCUT2D eigenvalue weighted by molar-refractivity contribution is 0.112. The Morgan fingerprint density at radius 1 is 1.22 bits per heavy atom. The first kappa shape index (κ1) is 12.6. The second-order valence-electron chi connectivity index (χ2n) is 3.64. The summed E-state index contributed by atoms with van der Waals surface area (Å²) in [5.74, 6) is -0.132. The van der Waals surface area contributed by atoms with E-state index in [9.17, 15) is 9.18 Å². The molecule has 18 heavy (non-hydrogen) atoms. The topological polar surface area (TPSA) is 26.3 Å². The predicted molar refractivity (Wildman–Crippen MR) is 68.8 cm³/mol. The van der Waals surface area contributed by atoms with Gasteiger partial charge in [-0.25, -0.2) is 4.39 Å². The van der Waals surface area contributed by atoms with Crippen molar-refractivity contribution in [1.29, 1.82) is 0 Å². The Bertz CT molecular complexity index is 596.